The third-order valence-electron chi connectivity index (χ3n) is 3.52. The predicted molar refractivity (Wildman–Crippen MR) is 95.9 cm³/mol. The smallest absolute Gasteiger partial charge is 0.251 e. The molecule has 1 amide bonds. The molecule has 0 aliphatic heterocycles. The van der Waals surface area contributed by atoms with Crippen molar-refractivity contribution < 1.29 is 9.18 Å². The third-order valence-corrected chi connectivity index (χ3v) is 3.52. The highest BCUT2D eigenvalue weighted by Gasteiger charge is 2.07. The molecular weight excluding hydrogens is 321 g/mol. The maximum Gasteiger partial charge on any atom is 0.251 e. The largest absolute Gasteiger partial charge is 0.355 e. The molecule has 132 valence electrons. The molecule has 25 heavy (non-hydrogen) atoms. The van der Waals surface area contributed by atoms with E-state index in [0.29, 0.717) is 36.7 Å². The molecule has 2 aromatic rings. The molecule has 0 fully saturated rings. The maximum absolute atomic E-state index is 13.5. The van der Waals surface area contributed by atoms with Gasteiger partial charge < -0.3 is 16.0 Å². The molecule has 0 aliphatic carbocycles. The minimum absolute atomic E-state index is 0.306. The average molecular weight is 343 g/mol. The van der Waals surface area contributed by atoms with Crippen molar-refractivity contribution in [3.63, 3.8) is 0 Å². The lowest BCUT2D eigenvalue weighted by molar-refractivity contribution is 0.0954. The Labute approximate surface area is 146 Å². The molecule has 0 spiro atoms. The zero-order chi connectivity index (χ0) is 18.1. The van der Waals surface area contributed by atoms with Crippen LogP contribution in [-0.4, -0.2) is 37.0 Å². The molecule has 6 nitrogen and oxygen atoms in total. The van der Waals surface area contributed by atoms with Gasteiger partial charge in [0.1, 0.15) is 5.82 Å². The molecule has 0 radical (unpaired) electrons. The van der Waals surface area contributed by atoms with Gasteiger partial charge in [-0.2, -0.15) is 0 Å². The fraction of sp³-hybridized carbons (Fsp3) is 0.278. The topological polar surface area (TPSA) is 78.4 Å². The highest BCUT2D eigenvalue weighted by atomic mass is 19.1. The maximum atomic E-state index is 13.5. The van der Waals surface area contributed by atoms with E-state index in [4.69, 9.17) is 0 Å². The van der Waals surface area contributed by atoms with Gasteiger partial charge in [0.2, 0.25) is 0 Å². The molecule has 1 aromatic heterocycles. The van der Waals surface area contributed by atoms with Crippen LogP contribution in [-0.2, 0) is 6.54 Å². The molecule has 0 saturated carbocycles. The summed E-state index contributed by atoms with van der Waals surface area (Å²) in [5.41, 5.74) is 1.72. The molecule has 0 unspecified atom stereocenters. The summed E-state index contributed by atoms with van der Waals surface area (Å²) < 4.78 is 13.5. The quantitative estimate of drug-likeness (QED) is 0.423. The van der Waals surface area contributed by atoms with Crippen LogP contribution in [0.15, 0.2) is 47.6 Å². The zero-order valence-corrected chi connectivity index (χ0v) is 14.3. The summed E-state index contributed by atoms with van der Waals surface area (Å²) in [6.45, 7) is 3.08. The van der Waals surface area contributed by atoms with Crippen LogP contribution in [0.4, 0.5) is 4.39 Å². The number of amides is 1. The number of aromatic nitrogens is 1. The summed E-state index contributed by atoms with van der Waals surface area (Å²) in [6.07, 6.45) is 1.73. The van der Waals surface area contributed by atoms with Crippen LogP contribution in [0, 0.1) is 12.7 Å². The number of guanidine groups is 1. The molecule has 0 aliphatic rings. The number of pyridine rings is 1. The van der Waals surface area contributed by atoms with E-state index in [9.17, 15) is 9.18 Å². The number of nitrogens with one attached hydrogen (secondary N) is 3. The van der Waals surface area contributed by atoms with Gasteiger partial charge in [-0.05, 0) is 36.8 Å². The fourth-order valence-corrected chi connectivity index (χ4v) is 2.09. The van der Waals surface area contributed by atoms with Crippen molar-refractivity contribution in [1.29, 1.82) is 0 Å². The Kier molecular flexibility index (Phi) is 6.88. The van der Waals surface area contributed by atoms with Gasteiger partial charge in [-0.25, -0.2) is 4.39 Å². The van der Waals surface area contributed by atoms with Gasteiger partial charge in [0.25, 0.3) is 5.91 Å². The molecule has 0 atom stereocenters. The van der Waals surface area contributed by atoms with E-state index >= 15 is 0 Å². The second-order valence-electron chi connectivity index (χ2n) is 5.39. The average Bonchev–Trinajstić information content (AvgIpc) is 2.64. The molecule has 3 N–H and O–H groups in total. The second-order valence-corrected chi connectivity index (χ2v) is 5.39. The number of hydrogen-bond acceptors (Lipinski definition) is 3. The Balaban J connectivity index is 1.71. The van der Waals surface area contributed by atoms with E-state index in [2.05, 4.69) is 25.9 Å². The number of carbonyl (C=O) groups is 1. The molecule has 7 heteroatoms. The third kappa shape index (κ3) is 5.87. The lowest BCUT2D eigenvalue weighted by atomic mass is 10.1. The molecule has 0 bridgehead atoms. The fourth-order valence-electron chi connectivity index (χ4n) is 2.09. The standard InChI is InChI=1S/C18H22FN5O/c1-13-6-7-14(11-16(13)19)17(25)22-9-10-23-18(20-2)24-12-15-5-3-4-8-21-15/h3-8,11H,9-10,12H2,1-2H3,(H,22,25)(H2,20,23,24). The molecule has 1 aromatic carbocycles. The van der Waals surface area contributed by atoms with Crippen LogP contribution in [0.2, 0.25) is 0 Å². The molecule has 2 rings (SSSR count). The number of benzene rings is 1. The number of hydrogen-bond donors (Lipinski definition) is 3. The van der Waals surface area contributed by atoms with E-state index in [0.717, 1.165) is 5.69 Å². The van der Waals surface area contributed by atoms with E-state index in [1.807, 2.05) is 18.2 Å². The van der Waals surface area contributed by atoms with Gasteiger partial charge in [0, 0.05) is 31.9 Å². The van der Waals surface area contributed by atoms with E-state index in [1.54, 1.807) is 32.3 Å². The zero-order valence-electron chi connectivity index (χ0n) is 14.3. The number of aryl methyl sites for hydroxylation is 1. The van der Waals surface area contributed by atoms with Crippen LogP contribution in [0.1, 0.15) is 21.6 Å². The highest BCUT2D eigenvalue weighted by molar-refractivity contribution is 5.94. The van der Waals surface area contributed by atoms with Crippen molar-refractivity contribution in [2.75, 3.05) is 20.1 Å². The Morgan fingerprint density at radius 3 is 2.64 bits per heavy atom. The van der Waals surface area contributed by atoms with Crippen LogP contribution < -0.4 is 16.0 Å². The highest BCUT2D eigenvalue weighted by Crippen LogP contribution is 2.08. The van der Waals surface area contributed by atoms with Crippen molar-refractivity contribution in [3.8, 4) is 0 Å². The number of aliphatic imine (C=N–C) groups is 1. The van der Waals surface area contributed by atoms with Gasteiger partial charge in [-0.15, -0.1) is 0 Å². The van der Waals surface area contributed by atoms with E-state index in [1.165, 1.54) is 6.07 Å². The van der Waals surface area contributed by atoms with Crippen LogP contribution >= 0.6 is 0 Å². The van der Waals surface area contributed by atoms with Gasteiger partial charge in [0.05, 0.1) is 12.2 Å². The number of nitrogens with zero attached hydrogens (tertiary/aromatic N) is 2. The molecule has 0 saturated heterocycles. The van der Waals surface area contributed by atoms with Crippen LogP contribution in [0.25, 0.3) is 0 Å². The Hall–Kier alpha value is -2.96. The van der Waals surface area contributed by atoms with Crippen LogP contribution in [0.5, 0.6) is 0 Å². The van der Waals surface area contributed by atoms with E-state index < -0.39 is 0 Å². The summed E-state index contributed by atoms with van der Waals surface area (Å²) in [7, 11) is 1.67. The van der Waals surface area contributed by atoms with Crippen molar-refractivity contribution in [1.82, 2.24) is 20.9 Å². The minimum Gasteiger partial charge on any atom is -0.355 e. The first-order valence-electron chi connectivity index (χ1n) is 7.99. The number of halogens is 1. The summed E-state index contributed by atoms with van der Waals surface area (Å²) in [5.74, 6) is -0.0803. The van der Waals surface area contributed by atoms with Gasteiger partial charge in [-0.1, -0.05) is 12.1 Å². The van der Waals surface area contributed by atoms with Gasteiger partial charge in [0.15, 0.2) is 5.96 Å². The number of rotatable bonds is 6. The SMILES string of the molecule is CN=C(NCCNC(=O)c1ccc(C)c(F)c1)NCc1ccccn1. The number of carbonyl (C=O) groups excluding carboxylic acids is 1. The van der Waals surface area contributed by atoms with Crippen molar-refractivity contribution in [2.45, 2.75) is 13.5 Å². The van der Waals surface area contributed by atoms with Crippen molar-refractivity contribution in [3.05, 3.63) is 65.2 Å². The monoisotopic (exact) mass is 343 g/mol. The Morgan fingerprint density at radius 1 is 1.16 bits per heavy atom. The summed E-state index contributed by atoms with van der Waals surface area (Å²) in [4.78, 5) is 20.3. The van der Waals surface area contributed by atoms with Crippen LogP contribution in [0.3, 0.4) is 0 Å². The predicted octanol–water partition coefficient (Wildman–Crippen LogP) is 1.62. The summed E-state index contributed by atoms with van der Waals surface area (Å²) in [6, 6.07) is 10.1. The summed E-state index contributed by atoms with van der Waals surface area (Å²) >= 11 is 0. The first-order valence-corrected chi connectivity index (χ1v) is 7.99. The molecule has 1 heterocycles. The second kappa shape index (κ2) is 9.36. The molecular formula is C18H22FN5O. The first-order chi connectivity index (χ1) is 12.1. The minimum atomic E-state index is -0.384. The summed E-state index contributed by atoms with van der Waals surface area (Å²) in [5, 5.41) is 8.96. The Bertz CT molecular complexity index is 734. The lowest BCUT2D eigenvalue weighted by Crippen LogP contribution is -2.41. The Morgan fingerprint density at radius 2 is 1.96 bits per heavy atom. The van der Waals surface area contributed by atoms with Gasteiger partial charge in [-0.3, -0.25) is 14.8 Å². The van der Waals surface area contributed by atoms with Crippen molar-refractivity contribution in [2.24, 2.45) is 4.99 Å². The van der Waals surface area contributed by atoms with E-state index in [-0.39, 0.29) is 11.7 Å². The lowest BCUT2D eigenvalue weighted by Gasteiger charge is -2.12. The normalized spacial score (nSPS) is 11.1. The first kappa shape index (κ1) is 18.4. The van der Waals surface area contributed by atoms with Crippen molar-refractivity contribution >= 4 is 11.9 Å². The van der Waals surface area contributed by atoms with Gasteiger partial charge >= 0.3 is 0 Å².